The van der Waals surface area contributed by atoms with Crippen molar-refractivity contribution >= 4 is 5.97 Å². The van der Waals surface area contributed by atoms with E-state index in [1.165, 1.54) is 13.8 Å². The molecular weight excluding hydrogens is 385 g/mol. The summed E-state index contributed by atoms with van der Waals surface area (Å²) in [6, 6.07) is 0. The molecule has 158 valence electrons. The maximum absolute atomic E-state index is 13.1. The van der Waals surface area contributed by atoms with Crippen molar-refractivity contribution in [3.63, 3.8) is 0 Å². The van der Waals surface area contributed by atoms with Gasteiger partial charge in [0.25, 0.3) is 5.60 Å². The van der Waals surface area contributed by atoms with Crippen LogP contribution in [-0.4, -0.2) is 40.8 Å². The number of esters is 1. The molecule has 2 aliphatic carbocycles. The van der Waals surface area contributed by atoms with Gasteiger partial charge >= 0.3 is 18.3 Å². The largest absolute Gasteiger partial charge is 0.457 e. The van der Waals surface area contributed by atoms with Gasteiger partial charge in [0.05, 0.1) is 0 Å². The summed E-state index contributed by atoms with van der Waals surface area (Å²) in [6.07, 6.45) is -14.1. The average Bonchev–Trinajstić information content (AvgIpc) is 3.04. The topological polar surface area (TPSA) is 46.5 Å². The van der Waals surface area contributed by atoms with Crippen LogP contribution in [0.4, 0.5) is 30.7 Å². The second-order valence-corrected chi connectivity index (χ2v) is 8.30. The van der Waals surface area contributed by atoms with Gasteiger partial charge in [0.15, 0.2) is 6.17 Å². The van der Waals surface area contributed by atoms with Gasteiger partial charge in [0, 0.05) is 5.92 Å². The van der Waals surface area contributed by atoms with Crippen molar-refractivity contribution < 1.29 is 45.4 Å². The molecule has 0 aromatic heterocycles. The summed E-state index contributed by atoms with van der Waals surface area (Å²) >= 11 is 0. The summed E-state index contributed by atoms with van der Waals surface area (Å²) in [6.45, 7) is 3.94. The van der Waals surface area contributed by atoms with E-state index in [9.17, 15) is 40.6 Å². The number of ether oxygens (including phenoxy) is 1. The fourth-order valence-corrected chi connectivity index (χ4v) is 4.72. The Labute approximate surface area is 152 Å². The van der Waals surface area contributed by atoms with Crippen molar-refractivity contribution in [2.45, 2.75) is 76.2 Å². The Balaban J connectivity index is 2.21. The number of fused-ring (bicyclic) bond motifs is 2. The summed E-state index contributed by atoms with van der Waals surface area (Å²) in [4.78, 5) is 11.6. The fourth-order valence-electron chi connectivity index (χ4n) is 4.72. The molecular formula is C17H23F7O3. The van der Waals surface area contributed by atoms with Crippen molar-refractivity contribution in [3.8, 4) is 0 Å². The number of hydrogen-bond acceptors (Lipinski definition) is 3. The zero-order chi connectivity index (χ0) is 21.0. The van der Waals surface area contributed by atoms with Crippen LogP contribution in [0.5, 0.6) is 0 Å². The Kier molecular flexibility index (Phi) is 5.58. The summed E-state index contributed by atoms with van der Waals surface area (Å²) in [5.74, 6) is -3.35. The van der Waals surface area contributed by atoms with E-state index in [0.717, 1.165) is 6.92 Å². The lowest BCUT2D eigenvalue weighted by atomic mass is 9.69. The first kappa shape index (κ1) is 22.2. The molecule has 3 nitrogen and oxygen atoms in total. The molecule has 2 bridgehead atoms. The minimum atomic E-state index is -5.85. The molecule has 5 atom stereocenters. The lowest BCUT2D eigenvalue weighted by molar-refractivity contribution is -0.373. The quantitative estimate of drug-likeness (QED) is 0.535. The Hall–Kier alpha value is -1.06. The lowest BCUT2D eigenvalue weighted by Gasteiger charge is -2.42. The van der Waals surface area contributed by atoms with E-state index in [-0.39, 0.29) is 12.3 Å². The molecule has 1 N–H and O–H groups in total. The van der Waals surface area contributed by atoms with Crippen LogP contribution in [0.1, 0.15) is 46.5 Å². The molecule has 0 aromatic rings. The van der Waals surface area contributed by atoms with E-state index in [4.69, 9.17) is 4.74 Å². The Morgan fingerprint density at radius 2 is 1.59 bits per heavy atom. The molecule has 0 amide bonds. The third-order valence-corrected chi connectivity index (χ3v) is 6.03. The number of aliphatic hydroxyl groups is 1. The third-order valence-electron chi connectivity index (χ3n) is 6.03. The van der Waals surface area contributed by atoms with Crippen molar-refractivity contribution in [3.05, 3.63) is 0 Å². The standard InChI is InChI=1S/C17H23F7O3/c1-8(18)13(25)27-14(2,3)12-6-9-4-10(11(12)5-9)7-15(26,16(19,20)21)17(22,23)24/h8-12,26H,4-7H2,1-3H3. The molecule has 0 saturated heterocycles. The van der Waals surface area contributed by atoms with Crippen molar-refractivity contribution in [1.29, 1.82) is 0 Å². The van der Waals surface area contributed by atoms with Crippen LogP contribution in [0.15, 0.2) is 0 Å². The highest BCUT2D eigenvalue weighted by Crippen LogP contribution is 2.59. The second-order valence-electron chi connectivity index (χ2n) is 8.30. The minimum Gasteiger partial charge on any atom is -0.457 e. The molecule has 27 heavy (non-hydrogen) atoms. The number of hydrogen-bond donors (Lipinski definition) is 1. The van der Waals surface area contributed by atoms with E-state index in [2.05, 4.69) is 0 Å². The van der Waals surface area contributed by atoms with Crippen LogP contribution >= 0.6 is 0 Å². The summed E-state index contributed by atoms with van der Waals surface area (Å²) in [7, 11) is 0. The Bertz CT molecular complexity index is 554. The molecule has 0 heterocycles. The predicted octanol–water partition coefficient (Wildman–Crippen LogP) is 4.57. The van der Waals surface area contributed by atoms with E-state index >= 15 is 0 Å². The van der Waals surface area contributed by atoms with Crippen LogP contribution in [-0.2, 0) is 9.53 Å². The molecule has 0 aliphatic heterocycles. The number of carbonyl (C=O) groups is 1. The van der Waals surface area contributed by atoms with Gasteiger partial charge in [0.2, 0.25) is 0 Å². The van der Waals surface area contributed by atoms with Gasteiger partial charge in [0.1, 0.15) is 5.60 Å². The maximum atomic E-state index is 13.1. The number of alkyl halides is 7. The summed E-state index contributed by atoms with van der Waals surface area (Å²) in [5, 5.41) is 9.50. The van der Waals surface area contributed by atoms with Crippen LogP contribution in [0.25, 0.3) is 0 Å². The smallest absolute Gasteiger partial charge is 0.426 e. The van der Waals surface area contributed by atoms with Gasteiger partial charge in [-0.3, -0.25) is 0 Å². The molecule has 10 heteroatoms. The summed E-state index contributed by atoms with van der Waals surface area (Å²) < 4.78 is 96.3. The molecule has 2 rings (SSSR count). The number of halogens is 7. The Morgan fingerprint density at radius 1 is 1.07 bits per heavy atom. The first-order chi connectivity index (χ1) is 12.0. The maximum Gasteiger partial charge on any atom is 0.426 e. The predicted molar refractivity (Wildman–Crippen MR) is 80.2 cm³/mol. The first-order valence-corrected chi connectivity index (χ1v) is 8.72. The van der Waals surface area contributed by atoms with E-state index < -0.39 is 59.9 Å². The van der Waals surface area contributed by atoms with Crippen LogP contribution < -0.4 is 0 Å². The normalized spacial score (nSPS) is 30.5. The zero-order valence-electron chi connectivity index (χ0n) is 15.1. The third kappa shape index (κ3) is 4.05. The minimum absolute atomic E-state index is 0.114. The van der Waals surface area contributed by atoms with Crippen molar-refractivity contribution in [1.82, 2.24) is 0 Å². The molecule has 0 aromatic carbocycles. The second kappa shape index (κ2) is 6.77. The van der Waals surface area contributed by atoms with Gasteiger partial charge in [-0.15, -0.1) is 0 Å². The highest BCUT2D eigenvalue weighted by atomic mass is 19.4. The number of carbonyl (C=O) groups excluding carboxylic acids is 1. The van der Waals surface area contributed by atoms with E-state index in [1.807, 2.05) is 0 Å². The zero-order valence-corrected chi connectivity index (χ0v) is 15.1. The Morgan fingerprint density at radius 3 is 2.00 bits per heavy atom. The molecule has 0 spiro atoms. The molecule has 0 radical (unpaired) electrons. The lowest BCUT2D eigenvalue weighted by Crippen LogP contribution is -2.58. The monoisotopic (exact) mass is 408 g/mol. The highest BCUT2D eigenvalue weighted by molar-refractivity contribution is 5.74. The van der Waals surface area contributed by atoms with Gasteiger partial charge in [-0.2, -0.15) is 26.3 Å². The van der Waals surface area contributed by atoms with E-state index in [0.29, 0.717) is 12.8 Å². The molecule has 2 saturated carbocycles. The SMILES string of the molecule is CC(F)C(=O)OC(C)(C)C1CC2CC(CC(O)(C(F)(F)F)C(F)(F)F)C1C2. The van der Waals surface area contributed by atoms with Gasteiger partial charge in [-0.1, -0.05) is 0 Å². The van der Waals surface area contributed by atoms with Crippen molar-refractivity contribution in [2.75, 3.05) is 0 Å². The summed E-state index contributed by atoms with van der Waals surface area (Å²) in [5.41, 5.74) is -6.02. The van der Waals surface area contributed by atoms with Crippen LogP contribution in [0.3, 0.4) is 0 Å². The first-order valence-electron chi connectivity index (χ1n) is 8.72. The fraction of sp³-hybridized carbons (Fsp3) is 0.941. The molecule has 2 aliphatic rings. The van der Waals surface area contributed by atoms with Gasteiger partial charge in [-0.05, 0) is 64.2 Å². The average molecular weight is 408 g/mol. The molecule has 5 unspecified atom stereocenters. The molecule has 2 fully saturated rings. The van der Waals surface area contributed by atoms with E-state index in [1.54, 1.807) is 0 Å². The van der Waals surface area contributed by atoms with Crippen molar-refractivity contribution in [2.24, 2.45) is 23.7 Å². The van der Waals surface area contributed by atoms with Crippen LogP contribution in [0, 0.1) is 23.7 Å². The van der Waals surface area contributed by atoms with Crippen LogP contribution in [0.2, 0.25) is 0 Å². The highest BCUT2D eigenvalue weighted by Gasteiger charge is 2.71. The van der Waals surface area contributed by atoms with Gasteiger partial charge < -0.3 is 9.84 Å². The number of rotatable bonds is 5. The van der Waals surface area contributed by atoms with Gasteiger partial charge in [-0.25, -0.2) is 9.18 Å².